The van der Waals surface area contributed by atoms with Crippen LogP contribution in [0.4, 0.5) is 0 Å². The van der Waals surface area contributed by atoms with Crippen LogP contribution in [0.5, 0.6) is 0 Å². The van der Waals surface area contributed by atoms with Gasteiger partial charge in [-0.15, -0.1) is 0 Å². The molecule has 0 radical (unpaired) electrons. The van der Waals surface area contributed by atoms with Crippen molar-refractivity contribution in [3.63, 3.8) is 0 Å². The minimum Gasteiger partial charge on any atom is -0.396 e. The Morgan fingerprint density at radius 1 is 0.743 bits per heavy atom. The lowest BCUT2D eigenvalue weighted by Gasteiger charge is -2.58. The van der Waals surface area contributed by atoms with Gasteiger partial charge in [0.1, 0.15) is 0 Å². The Morgan fingerprint density at radius 3 is 1.83 bits per heavy atom. The Balaban J connectivity index is 1.55. The highest BCUT2D eigenvalue weighted by atomic mass is 16.3. The Hall–Kier alpha value is -3.18. The minimum absolute atomic E-state index is 0.0264. The molecular formula is C30H28O5. The fraction of sp³-hybridized carbons (Fsp3) is 0.400. The number of allylic oxidation sites excluding steroid dienone is 2. The van der Waals surface area contributed by atoms with Crippen LogP contribution < -0.4 is 0 Å². The first kappa shape index (κ1) is 22.3. The first-order valence-electron chi connectivity index (χ1n) is 12.4. The van der Waals surface area contributed by atoms with Crippen LogP contribution in [0.25, 0.3) is 0 Å². The molecule has 2 aromatic rings. The van der Waals surface area contributed by atoms with Crippen molar-refractivity contribution < 1.29 is 24.3 Å². The molecule has 0 amide bonds. The van der Waals surface area contributed by atoms with Crippen LogP contribution in [0.15, 0.2) is 60.2 Å². The van der Waals surface area contributed by atoms with E-state index in [1.54, 1.807) is 48.5 Å². The molecule has 6 rings (SSSR count). The van der Waals surface area contributed by atoms with Gasteiger partial charge in [-0.05, 0) is 31.1 Å². The van der Waals surface area contributed by atoms with E-state index in [-0.39, 0.29) is 41.6 Å². The van der Waals surface area contributed by atoms with Gasteiger partial charge in [-0.1, -0.05) is 74.0 Å². The van der Waals surface area contributed by atoms with Crippen molar-refractivity contribution in [2.45, 2.75) is 33.1 Å². The molecule has 2 aromatic carbocycles. The SMILES string of the molecule is C[C@]12C(=O)c3ccccc3C(=O)[C@H]1C[C@@H]1C(=CC[C@@H]3C(=O)c4ccccc4C(=O)[C@@]31C)[C@H]2CCO. The smallest absolute Gasteiger partial charge is 0.170 e. The average Bonchev–Trinajstić information content (AvgIpc) is 2.87. The van der Waals surface area contributed by atoms with E-state index in [0.717, 1.165) is 5.57 Å². The van der Waals surface area contributed by atoms with Crippen LogP contribution >= 0.6 is 0 Å². The maximum atomic E-state index is 14.0. The van der Waals surface area contributed by atoms with Gasteiger partial charge in [0.05, 0.1) is 0 Å². The number of hydrogen-bond donors (Lipinski definition) is 1. The molecule has 1 N–H and O–H groups in total. The van der Waals surface area contributed by atoms with E-state index >= 15 is 0 Å². The topological polar surface area (TPSA) is 88.5 Å². The quantitative estimate of drug-likeness (QED) is 0.644. The molecule has 0 saturated heterocycles. The molecule has 1 saturated carbocycles. The number of rotatable bonds is 2. The Kier molecular flexibility index (Phi) is 4.72. The molecule has 178 valence electrons. The van der Waals surface area contributed by atoms with Crippen LogP contribution in [0.3, 0.4) is 0 Å². The van der Waals surface area contributed by atoms with Gasteiger partial charge in [0.15, 0.2) is 23.1 Å². The van der Waals surface area contributed by atoms with E-state index in [2.05, 4.69) is 0 Å². The molecular weight excluding hydrogens is 440 g/mol. The second kappa shape index (κ2) is 7.41. The largest absolute Gasteiger partial charge is 0.396 e. The fourth-order valence-electron chi connectivity index (χ4n) is 7.80. The summed E-state index contributed by atoms with van der Waals surface area (Å²) in [5.74, 6) is -2.07. The standard InChI is InChI=1S/C30H28O5/c1-29-21(13-14-31)20-11-12-22-25(32)16-7-3-5-9-18(16)28(35)30(22,2)23(20)15-24(29)26(33)17-8-4-6-10-19(17)27(29)34/h3-11,21-24,31H,12-15H2,1-2H3/t21-,22-,23-,24-,29-,30+/m1/s1. The molecule has 0 aliphatic heterocycles. The zero-order valence-electron chi connectivity index (χ0n) is 19.9. The predicted molar refractivity (Wildman–Crippen MR) is 129 cm³/mol. The molecule has 4 aliphatic carbocycles. The maximum absolute atomic E-state index is 14.0. The summed E-state index contributed by atoms with van der Waals surface area (Å²) >= 11 is 0. The van der Waals surface area contributed by atoms with Crippen LogP contribution in [0.1, 0.15) is 74.5 Å². The van der Waals surface area contributed by atoms with Gasteiger partial charge >= 0.3 is 0 Å². The minimum atomic E-state index is -1.00. The molecule has 0 bridgehead atoms. The summed E-state index contributed by atoms with van der Waals surface area (Å²) in [7, 11) is 0. The molecule has 5 heteroatoms. The van der Waals surface area contributed by atoms with Crippen molar-refractivity contribution in [3.8, 4) is 0 Å². The molecule has 4 aliphatic rings. The highest BCUT2D eigenvalue weighted by Crippen LogP contribution is 2.64. The molecule has 0 spiro atoms. The number of aliphatic hydroxyl groups excluding tert-OH is 1. The molecule has 6 atom stereocenters. The number of aliphatic hydroxyl groups is 1. The Bertz CT molecular complexity index is 1350. The summed E-state index contributed by atoms with van der Waals surface area (Å²) < 4.78 is 0. The number of benzene rings is 2. The first-order valence-corrected chi connectivity index (χ1v) is 12.4. The number of ketones is 4. The lowest BCUT2D eigenvalue weighted by Crippen LogP contribution is -2.60. The summed E-state index contributed by atoms with van der Waals surface area (Å²) in [5.41, 5.74) is 0.755. The van der Waals surface area contributed by atoms with Crippen molar-refractivity contribution in [2.24, 2.45) is 34.5 Å². The third kappa shape index (κ3) is 2.62. The number of carbonyl (C=O) groups excluding carboxylic acids is 4. The summed E-state index contributed by atoms with van der Waals surface area (Å²) in [6.07, 6.45) is 3.13. The van der Waals surface area contributed by atoms with Crippen molar-refractivity contribution in [1.29, 1.82) is 0 Å². The van der Waals surface area contributed by atoms with Crippen molar-refractivity contribution in [2.75, 3.05) is 6.61 Å². The lowest BCUT2D eigenvalue weighted by molar-refractivity contribution is -0.00293. The van der Waals surface area contributed by atoms with Gasteiger partial charge in [0, 0.05) is 51.5 Å². The lowest BCUT2D eigenvalue weighted by atomic mass is 9.42. The molecule has 0 aromatic heterocycles. The molecule has 35 heavy (non-hydrogen) atoms. The number of hydrogen-bond acceptors (Lipinski definition) is 5. The summed E-state index contributed by atoms with van der Waals surface area (Å²) in [6.45, 7) is 3.62. The van der Waals surface area contributed by atoms with Crippen LogP contribution in [0.2, 0.25) is 0 Å². The van der Waals surface area contributed by atoms with Crippen LogP contribution in [-0.2, 0) is 0 Å². The van der Waals surface area contributed by atoms with Gasteiger partial charge in [-0.2, -0.15) is 0 Å². The van der Waals surface area contributed by atoms with Crippen LogP contribution in [-0.4, -0.2) is 34.8 Å². The second-order valence-corrected chi connectivity index (χ2v) is 10.9. The Labute approximate surface area is 204 Å². The van der Waals surface area contributed by atoms with E-state index in [1.807, 2.05) is 19.9 Å². The van der Waals surface area contributed by atoms with Crippen molar-refractivity contribution >= 4 is 23.1 Å². The molecule has 0 unspecified atom stereocenters. The molecule has 1 fully saturated rings. The Morgan fingerprint density at radius 2 is 1.26 bits per heavy atom. The zero-order chi connectivity index (χ0) is 24.7. The molecule has 5 nitrogen and oxygen atoms in total. The van der Waals surface area contributed by atoms with Gasteiger partial charge in [0.25, 0.3) is 0 Å². The zero-order valence-corrected chi connectivity index (χ0v) is 19.9. The number of Topliss-reactive ketones (excluding diaryl/α,β-unsaturated/α-hetero) is 4. The van der Waals surface area contributed by atoms with E-state index in [9.17, 15) is 24.3 Å². The summed E-state index contributed by atoms with van der Waals surface area (Å²) in [6, 6.07) is 14.0. The highest BCUT2D eigenvalue weighted by molar-refractivity contribution is 6.19. The third-order valence-corrected chi connectivity index (χ3v) is 9.66. The monoisotopic (exact) mass is 468 g/mol. The van der Waals surface area contributed by atoms with Crippen molar-refractivity contribution in [3.05, 3.63) is 82.4 Å². The number of fused-ring (bicyclic) bond motifs is 6. The van der Waals surface area contributed by atoms with E-state index in [4.69, 9.17) is 0 Å². The molecule has 0 heterocycles. The van der Waals surface area contributed by atoms with E-state index < -0.39 is 22.7 Å². The fourth-order valence-corrected chi connectivity index (χ4v) is 7.80. The van der Waals surface area contributed by atoms with Crippen LogP contribution in [0, 0.1) is 34.5 Å². The van der Waals surface area contributed by atoms with Gasteiger partial charge in [-0.3, -0.25) is 19.2 Å². The van der Waals surface area contributed by atoms with Gasteiger partial charge in [0.2, 0.25) is 0 Å². The summed E-state index contributed by atoms with van der Waals surface area (Å²) in [4.78, 5) is 55.4. The highest BCUT2D eigenvalue weighted by Gasteiger charge is 2.65. The average molecular weight is 469 g/mol. The van der Waals surface area contributed by atoms with Gasteiger partial charge in [-0.25, -0.2) is 0 Å². The normalized spacial score (nSPS) is 35.3. The van der Waals surface area contributed by atoms with E-state index in [1.165, 1.54) is 0 Å². The van der Waals surface area contributed by atoms with E-state index in [0.29, 0.717) is 41.5 Å². The van der Waals surface area contributed by atoms with Gasteiger partial charge < -0.3 is 5.11 Å². The second-order valence-electron chi connectivity index (χ2n) is 10.9. The number of carbonyl (C=O) groups is 4. The summed E-state index contributed by atoms with van der Waals surface area (Å²) in [5, 5.41) is 10.0. The maximum Gasteiger partial charge on any atom is 0.170 e. The first-order chi connectivity index (χ1) is 16.8. The van der Waals surface area contributed by atoms with Crippen molar-refractivity contribution in [1.82, 2.24) is 0 Å². The predicted octanol–water partition coefficient (Wildman–Crippen LogP) is 4.74. The third-order valence-electron chi connectivity index (χ3n) is 9.66.